The van der Waals surface area contributed by atoms with Crippen LogP contribution in [0.5, 0.6) is 0 Å². The molecule has 0 atom stereocenters. The lowest BCUT2D eigenvalue weighted by Crippen LogP contribution is -2.51. The van der Waals surface area contributed by atoms with Gasteiger partial charge in [-0.15, -0.1) is 0 Å². The summed E-state index contributed by atoms with van der Waals surface area (Å²) < 4.78 is 87.8. The molecule has 0 saturated carbocycles. The minimum absolute atomic E-state index is 0.187. The number of halogens is 7. The minimum atomic E-state index is -6.19. The molecule has 0 unspecified atom stereocenters. The zero-order chi connectivity index (χ0) is 14.4. The van der Waals surface area contributed by atoms with Gasteiger partial charge in [-0.25, -0.2) is 14.4 Å². The summed E-state index contributed by atoms with van der Waals surface area (Å²) in [5.74, 6) is -1.94. The molecule has 0 radical (unpaired) electrons. The van der Waals surface area contributed by atoms with Gasteiger partial charge in [0.15, 0.2) is 5.82 Å². The molecule has 18 heavy (non-hydrogen) atoms. The average Bonchev–Trinajstić information content (AvgIpc) is 2.11. The molecule has 1 heterocycles. The summed E-state index contributed by atoms with van der Waals surface area (Å²) in [6, 6.07) is 1.14. The molecule has 0 aliphatic rings. The van der Waals surface area contributed by atoms with Crippen molar-refractivity contribution in [3.8, 4) is 0 Å². The molecule has 2 nitrogen and oxygen atoms in total. The third kappa shape index (κ3) is 2.25. The molecule has 0 spiro atoms. The van der Waals surface area contributed by atoms with Gasteiger partial charge in [0.1, 0.15) is 0 Å². The summed E-state index contributed by atoms with van der Waals surface area (Å²) in [5, 5.41) is 0. The van der Waals surface area contributed by atoms with Crippen LogP contribution in [0.25, 0.3) is 0 Å². The van der Waals surface area contributed by atoms with Gasteiger partial charge in [-0.2, -0.15) is 26.3 Å². The van der Waals surface area contributed by atoms with Gasteiger partial charge in [0, 0.05) is 11.4 Å². The molecule has 0 amide bonds. The Labute approximate surface area is 96.9 Å². The van der Waals surface area contributed by atoms with Crippen molar-refractivity contribution < 1.29 is 30.7 Å². The van der Waals surface area contributed by atoms with Crippen LogP contribution < -0.4 is 0 Å². The molecule has 0 saturated heterocycles. The number of aromatic nitrogens is 2. The second-order valence-electron chi connectivity index (χ2n) is 3.63. The van der Waals surface area contributed by atoms with E-state index in [1.807, 2.05) is 0 Å². The number of aryl methyl sites for hydroxylation is 2. The van der Waals surface area contributed by atoms with E-state index in [9.17, 15) is 30.7 Å². The lowest BCUT2D eigenvalue weighted by Gasteiger charge is -2.28. The highest BCUT2D eigenvalue weighted by molar-refractivity contribution is 5.17. The fraction of sp³-hybridized carbons (Fsp3) is 0.556. The van der Waals surface area contributed by atoms with Crippen LogP contribution in [0.3, 0.4) is 0 Å². The summed E-state index contributed by atoms with van der Waals surface area (Å²) >= 11 is 0. The number of hydrogen-bond donors (Lipinski definition) is 0. The van der Waals surface area contributed by atoms with Gasteiger partial charge in [0.05, 0.1) is 0 Å². The normalized spacial score (nSPS) is 13.8. The molecule has 0 aromatic carbocycles. The average molecular weight is 276 g/mol. The van der Waals surface area contributed by atoms with E-state index in [2.05, 4.69) is 9.97 Å². The first-order valence-corrected chi connectivity index (χ1v) is 4.54. The maximum absolute atomic E-state index is 13.5. The number of hydrogen-bond acceptors (Lipinski definition) is 2. The standard InChI is InChI=1S/C9H7F7N2/c1-4-3-5(2)18-6(17-4)7(10,8(11,12)13)9(14,15)16/h3H,1-2H3. The third-order valence-electron chi connectivity index (χ3n) is 2.07. The van der Waals surface area contributed by atoms with E-state index < -0.39 is 23.8 Å². The second-order valence-corrected chi connectivity index (χ2v) is 3.63. The van der Waals surface area contributed by atoms with Gasteiger partial charge < -0.3 is 0 Å². The topological polar surface area (TPSA) is 25.8 Å². The summed E-state index contributed by atoms with van der Waals surface area (Å²) in [4.78, 5) is 5.83. The first kappa shape index (κ1) is 14.7. The number of nitrogens with zero attached hydrogens (tertiary/aromatic N) is 2. The summed E-state index contributed by atoms with van der Waals surface area (Å²) in [6.07, 6.45) is -12.4. The van der Waals surface area contributed by atoms with Gasteiger partial charge in [0.25, 0.3) is 0 Å². The SMILES string of the molecule is Cc1cc(C)nc(C(F)(C(F)(F)F)C(F)(F)F)n1. The Balaban J connectivity index is 3.55. The Morgan fingerprint density at radius 2 is 1.11 bits per heavy atom. The molecule has 0 fully saturated rings. The highest BCUT2D eigenvalue weighted by Crippen LogP contribution is 2.52. The Hall–Kier alpha value is -1.41. The van der Waals surface area contributed by atoms with Crippen molar-refractivity contribution in [3.05, 3.63) is 23.3 Å². The maximum atomic E-state index is 13.5. The van der Waals surface area contributed by atoms with Crippen LogP contribution in [0.4, 0.5) is 30.7 Å². The van der Waals surface area contributed by atoms with Crippen LogP contribution in [-0.2, 0) is 5.67 Å². The fourth-order valence-electron chi connectivity index (χ4n) is 1.29. The van der Waals surface area contributed by atoms with E-state index >= 15 is 0 Å². The van der Waals surface area contributed by atoms with Crippen molar-refractivity contribution in [2.45, 2.75) is 31.9 Å². The predicted octanol–water partition coefficient (Wildman–Crippen LogP) is 3.38. The first-order valence-electron chi connectivity index (χ1n) is 4.54. The van der Waals surface area contributed by atoms with E-state index in [4.69, 9.17) is 0 Å². The van der Waals surface area contributed by atoms with Gasteiger partial charge in [-0.05, 0) is 19.9 Å². The molecule has 1 rings (SSSR count). The molecule has 0 N–H and O–H groups in total. The molecule has 0 aliphatic heterocycles. The molecular weight excluding hydrogens is 269 g/mol. The van der Waals surface area contributed by atoms with Crippen LogP contribution in [0, 0.1) is 13.8 Å². The zero-order valence-corrected chi connectivity index (χ0v) is 9.12. The van der Waals surface area contributed by atoms with Crippen LogP contribution in [0.1, 0.15) is 17.2 Å². The lowest BCUT2D eigenvalue weighted by molar-refractivity contribution is -0.351. The monoisotopic (exact) mass is 276 g/mol. The first-order chi connectivity index (χ1) is 7.89. The van der Waals surface area contributed by atoms with Crippen molar-refractivity contribution in [2.75, 3.05) is 0 Å². The Bertz CT molecular complexity index is 415. The molecule has 0 bridgehead atoms. The molecular formula is C9H7F7N2. The van der Waals surface area contributed by atoms with Crippen LogP contribution in [0.15, 0.2) is 6.07 Å². The lowest BCUT2D eigenvalue weighted by atomic mass is 10.0. The summed E-state index contributed by atoms with van der Waals surface area (Å²) in [5.41, 5.74) is -5.95. The van der Waals surface area contributed by atoms with E-state index in [0.29, 0.717) is 0 Å². The van der Waals surface area contributed by atoms with Crippen LogP contribution >= 0.6 is 0 Å². The largest absolute Gasteiger partial charge is 0.439 e. The number of rotatable bonds is 1. The minimum Gasteiger partial charge on any atom is -0.234 e. The molecule has 0 aliphatic carbocycles. The van der Waals surface area contributed by atoms with Crippen molar-refractivity contribution in [1.29, 1.82) is 0 Å². The van der Waals surface area contributed by atoms with E-state index in [1.165, 1.54) is 0 Å². The summed E-state index contributed by atoms with van der Waals surface area (Å²) in [6.45, 7) is 2.29. The van der Waals surface area contributed by atoms with E-state index in [0.717, 1.165) is 19.9 Å². The molecule has 1 aromatic heterocycles. The second kappa shape index (κ2) is 4.06. The van der Waals surface area contributed by atoms with Crippen molar-refractivity contribution in [3.63, 3.8) is 0 Å². The maximum Gasteiger partial charge on any atom is 0.439 e. The zero-order valence-electron chi connectivity index (χ0n) is 9.12. The van der Waals surface area contributed by atoms with Gasteiger partial charge in [0.2, 0.25) is 0 Å². The van der Waals surface area contributed by atoms with Gasteiger partial charge in [-0.3, -0.25) is 0 Å². The Kier molecular flexibility index (Phi) is 3.30. The Morgan fingerprint density at radius 1 is 0.778 bits per heavy atom. The van der Waals surface area contributed by atoms with E-state index in [1.54, 1.807) is 0 Å². The van der Waals surface area contributed by atoms with Gasteiger partial charge >= 0.3 is 18.0 Å². The summed E-state index contributed by atoms with van der Waals surface area (Å²) in [7, 11) is 0. The molecule has 102 valence electrons. The quantitative estimate of drug-likeness (QED) is 0.735. The fourth-order valence-corrected chi connectivity index (χ4v) is 1.29. The van der Waals surface area contributed by atoms with Crippen molar-refractivity contribution in [1.82, 2.24) is 9.97 Å². The molecule has 9 heteroatoms. The van der Waals surface area contributed by atoms with Crippen LogP contribution in [0.2, 0.25) is 0 Å². The highest BCUT2D eigenvalue weighted by Gasteiger charge is 2.75. The van der Waals surface area contributed by atoms with Crippen LogP contribution in [-0.4, -0.2) is 22.3 Å². The van der Waals surface area contributed by atoms with Crippen molar-refractivity contribution in [2.24, 2.45) is 0 Å². The Morgan fingerprint density at radius 3 is 1.39 bits per heavy atom. The highest BCUT2D eigenvalue weighted by atomic mass is 19.4. The van der Waals surface area contributed by atoms with Crippen molar-refractivity contribution >= 4 is 0 Å². The predicted molar refractivity (Wildman–Crippen MR) is 46.4 cm³/mol. The smallest absolute Gasteiger partial charge is 0.234 e. The number of alkyl halides is 7. The van der Waals surface area contributed by atoms with Gasteiger partial charge in [-0.1, -0.05) is 0 Å². The third-order valence-corrected chi connectivity index (χ3v) is 2.07. The molecule has 1 aromatic rings. The van der Waals surface area contributed by atoms with E-state index in [-0.39, 0.29) is 11.4 Å².